The highest BCUT2D eigenvalue weighted by atomic mass is 35.5. The fourth-order valence-corrected chi connectivity index (χ4v) is 2.56. The average Bonchev–Trinajstić information content (AvgIpc) is 2.58. The fraction of sp³-hybridized carbons (Fsp3) is 0.667. The van der Waals surface area contributed by atoms with Crippen LogP contribution >= 0.6 is 11.6 Å². The number of hydrogen-bond donors (Lipinski definition) is 1. The molecule has 88 valence electrons. The first-order valence-corrected chi connectivity index (χ1v) is 5.96. The summed E-state index contributed by atoms with van der Waals surface area (Å²) in [4.78, 5) is 0. The minimum absolute atomic E-state index is 0.403. The molecule has 1 heterocycles. The third kappa shape index (κ3) is 1.77. The Kier molecular flexibility index (Phi) is 2.61. The summed E-state index contributed by atoms with van der Waals surface area (Å²) in [6.07, 6.45) is 0. The topological polar surface area (TPSA) is 37.8 Å². The van der Waals surface area contributed by atoms with Crippen LogP contribution < -0.4 is 5.32 Å². The monoisotopic (exact) mass is 239 g/mol. The molecule has 1 aliphatic carbocycles. The summed E-state index contributed by atoms with van der Waals surface area (Å²) < 4.78 is 0. The van der Waals surface area contributed by atoms with Crippen molar-refractivity contribution in [2.75, 3.05) is 11.9 Å². The molecule has 0 radical (unpaired) electrons. The van der Waals surface area contributed by atoms with Gasteiger partial charge in [0, 0.05) is 6.54 Å². The predicted molar refractivity (Wildman–Crippen MR) is 66.6 cm³/mol. The standard InChI is InChI=1S/C12H18ClN3/c1-11(2)8(12(11,3)4)7-14-10-6-5-9(13)15-16-10/h5-6,8H,7H2,1-4H3,(H,14,16). The van der Waals surface area contributed by atoms with Gasteiger partial charge in [0.25, 0.3) is 0 Å². The Hall–Kier alpha value is -0.830. The molecule has 0 saturated heterocycles. The van der Waals surface area contributed by atoms with E-state index in [1.807, 2.05) is 6.07 Å². The van der Waals surface area contributed by atoms with E-state index >= 15 is 0 Å². The van der Waals surface area contributed by atoms with Crippen LogP contribution in [0.5, 0.6) is 0 Å². The van der Waals surface area contributed by atoms with Gasteiger partial charge in [-0.25, -0.2) is 0 Å². The van der Waals surface area contributed by atoms with Gasteiger partial charge in [-0.3, -0.25) is 0 Å². The second-order valence-corrected chi connectivity index (χ2v) is 6.01. The zero-order valence-electron chi connectivity index (χ0n) is 10.2. The van der Waals surface area contributed by atoms with E-state index in [9.17, 15) is 0 Å². The summed E-state index contributed by atoms with van der Waals surface area (Å²) in [6, 6.07) is 3.61. The molecule has 1 aromatic heterocycles. The van der Waals surface area contributed by atoms with E-state index in [0.29, 0.717) is 21.9 Å². The van der Waals surface area contributed by atoms with Crippen LogP contribution in [0.4, 0.5) is 5.82 Å². The first kappa shape index (κ1) is 11.6. The maximum absolute atomic E-state index is 5.68. The lowest BCUT2D eigenvalue weighted by atomic mass is 10.0. The molecule has 16 heavy (non-hydrogen) atoms. The van der Waals surface area contributed by atoms with Gasteiger partial charge in [0.1, 0.15) is 5.82 Å². The zero-order valence-corrected chi connectivity index (χ0v) is 11.0. The van der Waals surface area contributed by atoms with Gasteiger partial charge in [-0.1, -0.05) is 39.3 Å². The van der Waals surface area contributed by atoms with Gasteiger partial charge in [-0.2, -0.15) is 0 Å². The molecule has 1 N–H and O–H groups in total. The highest BCUT2D eigenvalue weighted by molar-refractivity contribution is 6.29. The Bertz CT molecular complexity index is 370. The molecule has 0 amide bonds. The molecule has 0 atom stereocenters. The SMILES string of the molecule is CC1(C)C(CNc2ccc(Cl)nn2)C1(C)C. The maximum atomic E-state index is 5.68. The largest absolute Gasteiger partial charge is 0.368 e. The van der Waals surface area contributed by atoms with Crippen LogP contribution in [0.25, 0.3) is 0 Å². The Morgan fingerprint density at radius 3 is 2.25 bits per heavy atom. The summed E-state index contributed by atoms with van der Waals surface area (Å²) in [5, 5.41) is 11.5. The van der Waals surface area contributed by atoms with Crippen molar-refractivity contribution in [1.29, 1.82) is 0 Å². The molecule has 0 aliphatic heterocycles. The summed E-state index contributed by atoms with van der Waals surface area (Å²) in [5.74, 6) is 1.47. The number of aromatic nitrogens is 2. The molecule has 3 nitrogen and oxygen atoms in total. The van der Waals surface area contributed by atoms with Crippen molar-refractivity contribution in [2.24, 2.45) is 16.7 Å². The number of rotatable bonds is 3. The summed E-state index contributed by atoms with van der Waals surface area (Å²) >= 11 is 5.68. The van der Waals surface area contributed by atoms with Crippen molar-refractivity contribution in [2.45, 2.75) is 27.7 Å². The number of nitrogens with zero attached hydrogens (tertiary/aromatic N) is 2. The van der Waals surface area contributed by atoms with Crippen molar-refractivity contribution >= 4 is 17.4 Å². The Balaban J connectivity index is 1.93. The molecule has 2 rings (SSSR count). The molecule has 0 unspecified atom stereocenters. The fourth-order valence-electron chi connectivity index (χ4n) is 2.46. The van der Waals surface area contributed by atoms with Crippen molar-refractivity contribution in [3.05, 3.63) is 17.3 Å². The molecule has 1 saturated carbocycles. The van der Waals surface area contributed by atoms with E-state index in [0.717, 1.165) is 12.4 Å². The normalized spacial score (nSPS) is 21.8. The van der Waals surface area contributed by atoms with Crippen molar-refractivity contribution < 1.29 is 0 Å². The third-order valence-electron chi connectivity index (χ3n) is 4.44. The number of halogens is 1. The van der Waals surface area contributed by atoms with Crippen molar-refractivity contribution in [3.63, 3.8) is 0 Å². The van der Waals surface area contributed by atoms with Gasteiger partial charge < -0.3 is 5.32 Å². The second kappa shape index (κ2) is 3.59. The number of nitrogens with one attached hydrogen (secondary N) is 1. The van der Waals surface area contributed by atoms with Gasteiger partial charge in [-0.15, -0.1) is 10.2 Å². The molecule has 1 aromatic rings. The molecular weight excluding hydrogens is 222 g/mol. The molecule has 0 bridgehead atoms. The zero-order chi connectivity index (χ0) is 12.0. The van der Waals surface area contributed by atoms with Crippen LogP contribution in [0.3, 0.4) is 0 Å². The van der Waals surface area contributed by atoms with Gasteiger partial charge in [-0.05, 0) is 28.9 Å². The highest BCUT2D eigenvalue weighted by Crippen LogP contribution is 2.68. The molecule has 0 spiro atoms. The van der Waals surface area contributed by atoms with Gasteiger partial charge in [0.2, 0.25) is 0 Å². The van der Waals surface area contributed by atoms with Crippen LogP contribution in [-0.4, -0.2) is 16.7 Å². The van der Waals surface area contributed by atoms with E-state index in [4.69, 9.17) is 11.6 Å². The molecular formula is C12H18ClN3. The third-order valence-corrected chi connectivity index (χ3v) is 4.64. The van der Waals surface area contributed by atoms with Crippen LogP contribution in [0.1, 0.15) is 27.7 Å². The maximum Gasteiger partial charge on any atom is 0.151 e. The lowest BCUT2D eigenvalue weighted by molar-refractivity contribution is 0.457. The van der Waals surface area contributed by atoms with Gasteiger partial charge >= 0.3 is 0 Å². The first-order valence-electron chi connectivity index (χ1n) is 5.59. The van der Waals surface area contributed by atoms with Crippen LogP contribution in [-0.2, 0) is 0 Å². The quantitative estimate of drug-likeness (QED) is 0.880. The molecule has 1 aliphatic rings. The van der Waals surface area contributed by atoms with E-state index in [-0.39, 0.29) is 0 Å². The predicted octanol–water partition coefficient (Wildman–Crippen LogP) is 3.22. The van der Waals surface area contributed by atoms with E-state index < -0.39 is 0 Å². The van der Waals surface area contributed by atoms with Crippen LogP contribution in [0.2, 0.25) is 5.15 Å². The summed E-state index contributed by atoms with van der Waals surface area (Å²) in [5.41, 5.74) is 0.805. The minimum Gasteiger partial charge on any atom is -0.368 e. The molecule has 1 fully saturated rings. The minimum atomic E-state index is 0.403. The average molecular weight is 240 g/mol. The Labute approximate surface area is 102 Å². The van der Waals surface area contributed by atoms with Crippen molar-refractivity contribution in [1.82, 2.24) is 10.2 Å². The lowest BCUT2D eigenvalue weighted by Crippen LogP contribution is -2.09. The van der Waals surface area contributed by atoms with Crippen LogP contribution in [0.15, 0.2) is 12.1 Å². The van der Waals surface area contributed by atoms with E-state index in [2.05, 4.69) is 43.2 Å². The van der Waals surface area contributed by atoms with Gasteiger partial charge in [0.05, 0.1) is 0 Å². The number of anilines is 1. The van der Waals surface area contributed by atoms with Crippen LogP contribution in [0, 0.1) is 16.7 Å². The lowest BCUT2D eigenvalue weighted by Gasteiger charge is -2.05. The summed E-state index contributed by atoms with van der Waals surface area (Å²) in [7, 11) is 0. The van der Waals surface area contributed by atoms with E-state index in [1.54, 1.807) is 6.07 Å². The smallest absolute Gasteiger partial charge is 0.151 e. The highest BCUT2D eigenvalue weighted by Gasteiger charge is 2.64. The number of hydrogen-bond acceptors (Lipinski definition) is 3. The van der Waals surface area contributed by atoms with Crippen molar-refractivity contribution in [3.8, 4) is 0 Å². The first-order chi connectivity index (χ1) is 7.35. The Morgan fingerprint density at radius 1 is 1.19 bits per heavy atom. The Morgan fingerprint density at radius 2 is 1.81 bits per heavy atom. The molecule has 4 heteroatoms. The second-order valence-electron chi connectivity index (χ2n) is 5.62. The van der Waals surface area contributed by atoms with E-state index in [1.165, 1.54) is 0 Å². The summed E-state index contributed by atoms with van der Waals surface area (Å²) in [6.45, 7) is 10.2. The molecule has 0 aromatic carbocycles. The van der Waals surface area contributed by atoms with Gasteiger partial charge in [0.15, 0.2) is 5.15 Å².